The van der Waals surface area contributed by atoms with Gasteiger partial charge in [-0.05, 0) is 64.2 Å². The highest BCUT2D eigenvalue weighted by molar-refractivity contribution is 9.10. The molecule has 2 atom stereocenters. The highest BCUT2D eigenvalue weighted by Gasteiger charge is 2.34. The number of halogens is 4. The van der Waals surface area contributed by atoms with Gasteiger partial charge in [-0.2, -0.15) is 0 Å². The van der Waals surface area contributed by atoms with Crippen molar-refractivity contribution in [3.8, 4) is 11.5 Å². The molecular weight excluding hydrogens is 397 g/mol. The molecule has 1 aliphatic carbocycles. The highest BCUT2D eigenvalue weighted by Crippen LogP contribution is 2.46. The molecule has 0 heterocycles. The lowest BCUT2D eigenvalue weighted by atomic mass is 9.67. The van der Waals surface area contributed by atoms with Crippen LogP contribution in [0.2, 0.25) is 0 Å². The van der Waals surface area contributed by atoms with Crippen LogP contribution in [0.3, 0.4) is 0 Å². The van der Waals surface area contributed by atoms with Gasteiger partial charge in [-0.3, -0.25) is 0 Å². The fourth-order valence-corrected chi connectivity index (χ4v) is 3.83. The van der Waals surface area contributed by atoms with E-state index in [4.69, 9.17) is 4.74 Å². The van der Waals surface area contributed by atoms with E-state index in [1.54, 1.807) is 6.07 Å². The van der Waals surface area contributed by atoms with Crippen molar-refractivity contribution >= 4 is 15.9 Å². The first-order chi connectivity index (χ1) is 11.9. The van der Waals surface area contributed by atoms with Gasteiger partial charge in [-0.15, -0.1) is 13.2 Å². The van der Waals surface area contributed by atoms with Crippen molar-refractivity contribution in [1.82, 2.24) is 0 Å². The summed E-state index contributed by atoms with van der Waals surface area (Å²) in [5.74, 6) is 1.07. The molecule has 0 saturated heterocycles. The topological polar surface area (TPSA) is 18.5 Å². The number of hydrogen-bond acceptors (Lipinski definition) is 2. The fourth-order valence-electron chi connectivity index (χ4n) is 3.36. The zero-order valence-corrected chi connectivity index (χ0v) is 15.2. The van der Waals surface area contributed by atoms with Crippen LogP contribution >= 0.6 is 15.9 Å². The van der Waals surface area contributed by atoms with Crippen LogP contribution < -0.4 is 9.47 Å². The summed E-state index contributed by atoms with van der Waals surface area (Å²) in [4.78, 5) is 0. The van der Waals surface area contributed by atoms with Crippen LogP contribution in [-0.2, 0) is 6.42 Å². The second-order valence-electron chi connectivity index (χ2n) is 6.20. The molecule has 0 amide bonds. The summed E-state index contributed by atoms with van der Waals surface area (Å²) in [5, 5.41) is 0. The van der Waals surface area contributed by atoms with Gasteiger partial charge in [0.15, 0.2) is 0 Å². The molecule has 0 bridgehead atoms. The molecule has 0 N–H and O–H groups in total. The minimum absolute atomic E-state index is 0.274. The number of methoxy groups -OCH3 is 1. The molecule has 2 aromatic carbocycles. The van der Waals surface area contributed by atoms with Gasteiger partial charge in [0.2, 0.25) is 0 Å². The lowest BCUT2D eigenvalue weighted by molar-refractivity contribution is -0.274. The maximum atomic E-state index is 12.5. The van der Waals surface area contributed by atoms with E-state index in [9.17, 15) is 13.2 Å². The molecule has 2 aromatic rings. The Balaban J connectivity index is 1.79. The Morgan fingerprint density at radius 3 is 2.36 bits per heavy atom. The molecular formula is C19H18BrF3O2. The molecule has 0 aliphatic heterocycles. The molecule has 2 unspecified atom stereocenters. The van der Waals surface area contributed by atoms with Crippen LogP contribution in [0.15, 0.2) is 46.9 Å². The van der Waals surface area contributed by atoms with Crippen LogP contribution in [0.25, 0.3) is 0 Å². The molecule has 1 fully saturated rings. The summed E-state index contributed by atoms with van der Waals surface area (Å²) in [5.41, 5.74) is 2.20. The molecule has 0 aromatic heterocycles. The Labute approximate surface area is 153 Å². The van der Waals surface area contributed by atoms with E-state index < -0.39 is 6.36 Å². The first kappa shape index (κ1) is 18.1. The van der Waals surface area contributed by atoms with Gasteiger partial charge in [0.1, 0.15) is 11.5 Å². The average Bonchev–Trinajstić information content (AvgIpc) is 2.53. The zero-order chi connectivity index (χ0) is 18.0. The van der Waals surface area contributed by atoms with Gasteiger partial charge >= 0.3 is 6.36 Å². The molecule has 3 rings (SSSR count). The van der Waals surface area contributed by atoms with Gasteiger partial charge in [0.25, 0.3) is 0 Å². The Morgan fingerprint density at radius 2 is 1.80 bits per heavy atom. The van der Waals surface area contributed by atoms with Crippen molar-refractivity contribution in [3.05, 3.63) is 58.1 Å². The Kier molecular flexibility index (Phi) is 5.27. The maximum Gasteiger partial charge on any atom is 0.573 e. The molecule has 1 saturated carbocycles. The van der Waals surface area contributed by atoms with Crippen LogP contribution in [-0.4, -0.2) is 13.5 Å². The predicted octanol–water partition coefficient (Wildman–Crippen LogP) is 6.09. The quantitative estimate of drug-likeness (QED) is 0.588. The monoisotopic (exact) mass is 414 g/mol. The van der Waals surface area contributed by atoms with Crippen molar-refractivity contribution in [2.45, 2.75) is 31.5 Å². The molecule has 134 valence electrons. The number of rotatable bonds is 5. The first-order valence-corrected chi connectivity index (χ1v) is 8.84. The summed E-state index contributed by atoms with van der Waals surface area (Å²) in [6.07, 6.45) is -1.75. The van der Waals surface area contributed by atoms with Crippen LogP contribution in [0, 0.1) is 5.92 Å². The second-order valence-corrected chi connectivity index (χ2v) is 7.06. The third-order valence-electron chi connectivity index (χ3n) is 4.69. The highest BCUT2D eigenvalue weighted by atomic mass is 79.9. The first-order valence-electron chi connectivity index (χ1n) is 8.04. The minimum atomic E-state index is -4.73. The summed E-state index contributed by atoms with van der Waals surface area (Å²) in [6.45, 7) is 0. The Bertz CT molecular complexity index is 731. The van der Waals surface area contributed by atoms with Crippen LogP contribution in [0.5, 0.6) is 11.5 Å². The smallest absolute Gasteiger partial charge is 0.496 e. The van der Waals surface area contributed by atoms with E-state index in [1.807, 2.05) is 18.2 Å². The molecule has 2 nitrogen and oxygen atoms in total. The number of ether oxygens (including phenoxy) is 2. The Morgan fingerprint density at radius 1 is 1.08 bits per heavy atom. The van der Waals surface area contributed by atoms with E-state index in [-0.39, 0.29) is 10.2 Å². The van der Waals surface area contributed by atoms with Gasteiger partial charge < -0.3 is 9.47 Å². The van der Waals surface area contributed by atoms with Crippen molar-refractivity contribution in [3.63, 3.8) is 0 Å². The largest absolute Gasteiger partial charge is 0.573 e. The van der Waals surface area contributed by atoms with E-state index in [1.165, 1.54) is 18.7 Å². The summed E-state index contributed by atoms with van der Waals surface area (Å²) in [7, 11) is 1.46. The van der Waals surface area contributed by atoms with Crippen molar-refractivity contribution < 1.29 is 22.6 Å². The van der Waals surface area contributed by atoms with E-state index in [0.29, 0.717) is 17.6 Å². The lowest BCUT2D eigenvalue weighted by Crippen LogP contribution is -2.26. The van der Waals surface area contributed by atoms with Crippen LogP contribution in [0.4, 0.5) is 13.2 Å². The van der Waals surface area contributed by atoms with E-state index >= 15 is 0 Å². The second kappa shape index (κ2) is 7.28. The SMILES string of the molecule is COc1cc(OC(F)(F)F)c(Br)cc1CC1CCC1c1ccccc1. The lowest BCUT2D eigenvalue weighted by Gasteiger charge is -2.37. The fraction of sp³-hybridized carbons (Fsp3) is 0.368. The normalized spacial score (nSPS) is 20.0. The van der Waals surface area contributed by atoms with Gasteiger partial charge in [0.05, 0.1) is 11.6 Å². The molecule has 0 spiro atoms. The third-order valence-corrected chi connectivity index (χ3v) is 5.31. The van der Waals surface area contributed by atoms with E-state index in [0.717, 1.165) is 24.8 Å². The number of alkyl halides is 3. The van der Waals surface area contributed by atoms with Gasteiger partial charge in [-0.1, -0.05) is 30.3 Å². The average molecular weight is 415 g/mol. The van der Waals surface area contributed by atoms with Gasteiger partial charge in [-0.25, -0.2) is 0 Å². The predicted molar refractivity (Wildman–Crippen MR) is 93.0 cm³/mol. The van der Waals surface area contributed by atoms with Crippen LogP contribution in [0.1, 0.15) is 29.9 Å². The standard InChI is InChI=1S/C19H18BrF3O2/c1-24-17-11-18(25-19(21,22)23)16(20)10-14(17)9-13-7-8-15(13)12-5-3-2-4-6-12/h2-6,10-11,13,15H,7-9H2,1H3. The van der Waals surface area contributed by atoms with E-state index in [2.05, 4.69) is 32.8 Å². The van der Waals surface area contributed by atoms with Gasteiger partial charge in [0, 0.05) is 6.07 Å². The molecule has 25 heavy (non-hydrogen) atoms. The Hall–Kier alpha value is -1.69. The molecule has 6 heteroatoms. The minimum Gasteiger partial charge on any atom is -0.496 e. The number of benzene rings is 2. The molecule has 1 aliphatic rings. The maximum absolute atomic E-state index is 12.5. The summed E-state index contributed by atoms with van der Waals surface area (Å²) >= 11 is 3.17. The van der Waals surface area contributed by atoms with Crippen molar-refractivity contribution in [1.29, 1.82) is 0 Å². The summed E-state index contributed by atoms with van der Waals surface area (Å²) in [6, 6.07) is 13.3. The van der Waals surface area contributed by atoms with Crippen molar-refractivity contribution in [2.75, 3.05) is 7.11 Å². The molecule has 0 radical (unpaired) electrons. The summed E-state index contributed by atoms with van der Waals surface area (Å²) < 4.78 is 47.1. The zero-order valence-electron chi connectivity index (χ0n) is 13.6. The third kappa shape index (κ3) is 4.29. The van der Waals surface area contributed by atoms with Crippen molar-refractivity contribution in [2.24, 2.45) is 5.92 Å². The number of hydrogen-bond donors (Lipinski definition) is 0.